The fraction of sp³-hybridized carbons (Fsp3) is 0.267. The van der Waals surface area contributed by atoms with Gasteiger partial charge in [-0.2, -0.15) is 0 Å². The third-order valence-electron chi connectivity index (χ3n) is 2.89. The molecule has 21 heavy (non-hydrogen) atoms. The summed E-state index contributed by atoms with van der Waals surface area (Å²) in [7, 11) is 0. The minimum absolute atomic E-state index is 0.0873. The van der Waals surface area contributed by atoms with E-state index < -0.39 is 11.6 Å². The molecule has 0 saturated carbocycles. The summed E-state index contributed by atoms with van der Waals surface area (Å²) >= 11 is 5.95. The smallest absolute Gasteiger partial charge is 0.319 e. The molecule has 2 rings (SSSR count). The molecule has 0 aliphatic rings. The lowest BCUT2D eigenvalue weighted by molar-refractivity contribution is 0.0577. The van der Waals surface area contributed by atoms with Gasteiger partial charge in [0.05, 0.1) is 22.6 Å². The third-order valence-corrected chi connectivity index (χ3v) is 3.22. The topological polar surface area (TPSA) is 74.5 Å². The molecule has 112 valence electrons. The van der Waals surface area contributed by atoms with Gasteiger partial charge in [0.15, 0.2) is 0 Å². The van der Waals surface area contributed by atoms with Crippen LogP contribution in [0, 0.1) is 0 Å². The van der Waals surface area contributed by atoms with Gasteiger partial charge < -0.3 is 20.2 Å². The van der Waals surface area contributed by atoms with Gasteiger partial charge in [0.25, 0.3) is 0 Å². The SMILES string of the molecule is CC(O)(CNC(=O)Nc1ccccc1Cl)Cc1ccco1. The minimum atomic E-state index is -1.10. The number of amides is 2. The average Bonchev–Trinajstić information content (AvgIpc) is 2.91. The van der Waals surface area contributed by atoms with Crippen LogP contribution in [-0.4, -0.2) is 23.3 Å². The predicted octanol–water partition coefficient (Wildman–Crippen LogP) is 3.05. The van der Waals surface area contributed by atoms with Gasteiger partial charge in [-0.1, -0.05) is 23.7 Å². The van der Waals surface area contributed by atoms with Crippen molar-refractivity contribution in [1.29, 1.82) is 0 Å². The highest BCUT2D eigenvalue weighted by molar-refractivity contribution is 6.33. The zero-order chi connectivity index (χ0) is 15.3. The quantitative estimate of drug-likeness (QED) is 0.794. The van der Waals surface area contributed by atoms with E-state index >= 15 is 0 Å². The van der Waals surface area contributed by atoms with Gasteiger partial charge >= 0.3 is 6.03 Å². The van der Waals surface area contributed by atoms with Gasteiger partial charge in [0.2, 0.25) is 0 Å². The molecule has 0 bridgehead atoms. The summed E-state index contributed by atoms with van der Waals surface area (Å²) in [5, 5.41) is 15.9. The Morgan fingerprint density at radius 3 is 2.76 bits per heavy atom. The van der Waals surface area contributed by atoms with Crippen LogP contribution in [0.2, 0.25) is 5.02 Å². The maximum Gasteiger partial charge on any atom is 0.319 e. The van der Waals surface area contributed by atoms with Crippen molar-refractivity contribution in [3.63, 3.8) is 0 Å². The van der Waals surface area contributed by atoms with Crippen molar-refractivity contribution in [2.45, 2.75) is 18.9 Å². The molecule has 0 aliphatic heterocycles. The minimum Gasteiger partial charge on any atom is -0.469 e. The lowest BCUT2D eigenvalue weighted by Gasteiger charge is -2.22. The number of carbonyl (C=O) groups is 1. The van der Waals surface area contributed by atoms with Crippen LogP contribution in [0.15, 0.2) is 47.1 Å². The van der Waals surface area contributed by atoms with Crippen molar-refractivity contribution >= 4 is 23.3 Å². The van der Waals surface area contributed by atoms with Crippen molar-refractivity contribution in [1.82, 2.24) is 5.32 Å². The van der Waals surface area contributed by atoms with Crippen LogP contribution in [-0.2, 0) is 6.42 Å². The fourth-order valence-electron chi connectivity index (χ4n) is 1.85. The van der Waals surface area contributed by atoms with Crippen LogP contribution in [0.1, 0.15) is 12.7 Å². The lowest BCUT2D eigenvalue weighted by Crippen LogP contribution is -2.43. The molecule has 2 amide bonds. The normalized spacial score (nSPS) is 13.5. The number of rotatable bonds is 5. The second kappa shape index (κ2) is 6.65. The van der Waals surface area contributed by atoms with E-state index in [2.05, 4.69) is 10.6 Å². The van der Waals surface area contributed by atoms with Crippen LogP contribution in [0.3, 0.4) is 0 Å². The first-order valence-corrected chi connectivity index (χ1v) is 6.88. The van der Waals surface area contributed by atoms with E-state index in [1.165, 1.54) is 0 Å². The van der Waals surface area contributed by atoms with E-state index in [0.29, 0.717) is 22.9 Å². The number of anilines is 1. The first-order chi connectivity index (χ1) is 9.96. The molecule has 1 unspecified atom stereocenters. The van der Waals surface area contributed by atoms with Gasteiger partial charge in [0, 0.05) is 13.0 Å². The Morgan fingerprint density at radius 1 is 1.33 bits per heavy atom. The van der Waals surface area contributed by atoms with E-state index in [-0.39, 0.29) is 6.54 Å². The van der Waals surface area contributed by atoms with E-state index in [0.717, 1.165) is 0 Å². The van der Waals surface area contributed by atoms with Crippen molar-refractivity contribution < 1.29 is 14.3 Å². The van der Waals surface area contributed by atoms with E-state index in [1.807, 2.05) is 0 Å². The number of aliphatic hydroxyl groups is 1. The molecule has 6 heteroatoms. The zero-order valence-electron chi connectivity index (χ0n) is 11.6. The first-order valence-electron chi connectivity index (χ1n) is 6.50. The Morgan fingerprint density at radius 2 is 2.10 bits per heavy atom. The average molecular weight is 309 g/mol. The summed E-state index contributed by atoms with van der Waals surface area (Å²) in [6, 6.07) is 10.0. The molecule has 1 aromatic carbocycles. The maximum absolute atomic E-state index is 11.8. The molecule has 1 aromatic heterocycles. The summed E-state index contributed by atoms with van der Waals surface area (Å²) in [5.74, 6) is 0.660. The number of nitrogens with one attached hydrogen (secondary N) is 2. The lowest BCUT2D eigenvalue weighted by atomic mass is 10.0. The number of urea groups is 1. The number of hydrogen-bond acceptors (Lipinski definition) is 3. The zero-order valence-corrected chi connectivity index (χ0v) is 12.4. The summed E-state index contributed by atoms with van der Waals surface area (Å²) in [6.07, 6.45) is 1.86. The Hall–Kier alpha value is -1.98. The van der Waals surface area contributed by atoms with Gasteiger partial charge in [-0.3, -0.25) is 0 Å². The first kappa shape index (κ1) is 15.4. The predicted molar refractivity (Wildman–Crippen MR) is 81.5 cm³/mol. The van der Waals surface area contributed by atoms with Crippen LogP contribution < -0.4 is 10.6 Å². The summed E-state index contributed by atoms with van der Waals surface area (Å²) in [5.41, 5.74) is -0.585. The van der Waals surface area contributed by atoms with Gasteiger partial charge in [-0.15, -0.1) is 0 Å². The van der Waals surface area contributed by atoms with Crippen LogP contribution >= 0.6 is 11.6 Å². The van der Waals surface area contributed by atoms with Crippen molar-refractivity contribution in [2.24, 2.45) is 0 Å². The van der Waals surface area contributed by atoms with Gasteiger partial charge in [0.1, 0.15) is 5.76 Å². The molecular formula is C15H17ClN2O3. The Bertz CT molecular complexity index is 597. The van der Waals surface area contributed by atoms with Gasteiger partial charge in [-0.05, 0) is 31.2 Å². The molecule has 0 fully saturated rings. The van der Waals surface area contributed by atoms with Crippen molar-refractivity contribution in [3.8, 4) is 0 Å². The highest BCUT2D eigenvalue weighted by Crippen LogP contribution is 2.20. The second-order valence-electron chi connectivity index (χ2n) is 5.04. The Labute approximate surface area is 127 Å². The Balaban J connectivity index is 1.84. The summed E-state index contributed by atoms with van der Waals surface area (Å²) in [6.45, 7) is 1.72. The fourth-order valence-corrected chi connectivity index (χ4v) is 2.03. The third kappa shape index (κ3) is 4.81. The monoisotopic (exact) mass is 308 g/mol. The standard InChI is InChI=1S/C15H17ClN2O3/c1-15(20,9-11-5-4-8-21-11)10-17-14(19)18-13-7-3-2-6-12(13)16/h2-8,20H,9-10H2,1H3,(H2,17,18,19). The van der Waals surface area contributed by atoms with Crippen LogP contribution in [0.4, 0.5) is 10.5 Å². The molecule has 0 saturated heterocycles. The molecule has 0 spiro atoms. The molecular weight excluding hydrogens is 292 g/mol. The molecule has 5 nitrogen and oxygen atoms in total. The summed E-state index contributed by atoms with van der Waals surface area (Å²) in [4.78, 5) is 11.8. The number of hydrogen-bond donors (Lipinski definition) is 3. The molecule has 2 aromatic rings. The number of carbonyl (C=O) groups excluding carboxylic acids is 1. The molecule has 0 aliphatic carbocycles. The molecule has 3 N–H and O–H groups in total. The van der Waals surface area contributed by atoms with Crippen molar-refractivity contribution in [3.05, 3.63) is 53.4 Å². The Kier molecular flexibility index (Phi) is 4.88. The summed E-state index contributed by atoms with van der Waals surface area (Å²) < 4.78 is 5.18. The number of para-hydroxylation sites is 1. The van der Waals surface area contributed by atoms with E-state index in [4.69, 9.17) is 16.0 Å². The second-order valence-corrected chi connectivity index (χ2v) is 5.45. The molecule has 1 atom stereocenters. The highest BCUT2D eigenvalue weighted by atomic mass is 35.5. The van der Waals surface area contributed by atoms with Crippen LogP contribution in [0.5, 0.6) is 0 Å². The van der Waals surface area contributed by atoms with Gasteiger partial charge in [-0.25, -0.2) is 4.79 Å². The van der Waals surface area contributed by atoms with Crippen molar-refractivity contribution in [2.75, 3.05) is 11.9 Å². The van der Waals surface area contributed by atoms with Crippen LogP contribution in [0.25, 0.3) is 0 Å². The number of benzene rings is 1. The van der Waals surface area contributed by atoms with E-state index in [9.17, 15) is 9.90 Å². The largest absolute Gasteiger partial charge is 0.469 e. The molecule has 0 radical (unpaired) electrons. The number of furan rings is 1. The molecule has 1 heterocycles. The highest BCUT2D eigenvalue weighted by Gasteiger charge is 2.23. The maximum atomic E-state index is 11.8. The number of halogens is 1. The van der Waals surface area contributed by atoms with E-state index in [1.54, 1.807) is 49.6 Å².